The van der Waals surface area contributed by atoms with Crippen LogP contribution < -0.4 is 4.74 Å². The van der Waals surface area contributed by atoms with Crippen LogP contribution in [-0.2, 0) is 4.74 Å². The number of nitrogens with zero attached hydrogens (tertiary/aromatic N) is 3. The third-order valence-corrected chi connectivity index (χ3v) is 5.02. The lowest BCUT2D eigenvalue weighted by Crippen LogP contribution is -2.12. The average Bonchev–Trinajstić information content (AvgIpc) is 3.31. The minimum Gasteiger partial charge on any atom is -0.483 e. The van der Waals surface area contributed by atoms with Gasteiger partial charge in [-0.3, -0.25) is 0 Å². The molecule has 0 spiro atoms. The van der Waals surface area contributed by atoms with Crippen molar-refractivity contribution in [3.63, 3.8) is 0 Å². The summed E-state index contributed by atoms with van der Waals surface area (Å²) in [6.45, 7) is 1.73. The molecule has 2 aromatic carbocycles. The predicted molar refractivity (Wildman–Crippen MR) is 111 cm³/mol. The molecule has 158 valence electrons. The van der Waals surface area contributed by atoms with E-state index < -0.39 is 23.7 Å². The molecular weight excluding hydrogens is 428 g/mol. The van der Waals surface area contributed by atoms with Crippen LogP contribution in [0.3, 0.4) is 0 Å². The molecule has 0 N–H and O–H groups in total. The molecule has 2 aromatic heterocycles. The molecule has 6 nitrogen and oxygen atoms in total. The highest BCUT2D eigenvalue weighted by molar-refractivity contribution is 6.31. The molecule has 4 aromatic rings. The van der Waals surface area contributed by atoms with E-state index in [1.54, 1.807) is 48.3 Å². The summed E-state index contributed by atoms with van der Waals surface area (Å²) >= 11 is 6.19. The minimum absolute atomic E-state index is 0.0535. The van der Waals surface area contributed by atoms with Crippen LogP contribution in [-0.4, -0.2) is 27.8 Å². The third-order valence-electron chi connectivity index (χ3n) is 4.74. The summed E-state index contributed by atoms with van der Waals surface area (Å²) in [6.07, 6.45) is 2.70. The van der Waals surface area contributed by atoms with Gasteiger partial charge in [-0.05, 0) is 49.4 Å². The largest absolute Gasteiger partial charge is 0.483 e. The highest BCUT2D eigenvalue weighted by atomic mass is 35.5. The van der Waals surface area contributed by atoms with Crippen molar-refractivity contribution in [3.8, 4) is 11.4 Å². The second kappa shape index (κ2) is 8.31. The number of benzene rings is 2. The second-order valence-electron chi connectivity index (χ2n) is 6.68. The smallest absolute Gasteiger partial charge is 0.337 e. The minimum atomic E-state index is -0.690. The average molecular weight is 444 g/mol. The zero-order valence-corrected chi connectivity index (χ0v) is 17.2. The molecule has 0 bridgehead atoms. The maximum Gasteiger partial charge on any atom is 0.337 e. The number of methoxy groups -OCH3 is 1. The predicted octanol–water partition coefficient (Wildman–Crippen LogP) is 5.28. The molecule has 0 aliphatic carbocycles. The number of hydrogen-bond acceptors (Lipinski definition) is 5. The van der Waals surface area contributed by atoms with E-state index in [4.69, 9.17) is 21.1 Å². The van der Waals surface area contributed by atoms with Crippen LogP contribution >= 0.6 is 11.6 Å². The molecular formula is C22H16ClF2N3O3. The van der Waals surface area contributed by atoms with Crippen molar-refractivity contribution in [2.45, 2.75) is 13.0 Å². The lowest BCUT2D eigenvalue weighted by molar-refractivity contribution is 0.0600. The van der Waals surface area contributed by atoms with E-state index in [0.717, 1.165) is 12.1 Å². The zero-order valence-electron chi connectivity index (χ0n) is 16.5. The molecule has 31 heavy (non-hydrogen) atoms. The molecule has 0 unspecified atom stereocenters. The van der Waals surface area contributed by atoms with Crippen molar-refractivity contribution in [3.05, 3.63) is 82.8 Å². The van der Waals surface area contributed by atoms with Gasteiger partial charge in [-0.2, -0.15) is 5.10 Å². The van der Waals surface area contributed by atoms with Gasteiger partial charge in [-0.25, -0.2) is 23.2 Å². The Morgan fingerprint density at radius 1 is 1.16 bits per heavy atom. The quantitative estimate of drug-likeness (QED) is 0.310. The Balaban J connectivity index is 1.77. The van der Waals surface area contributed by atoms with Crippen LogP contribution in [0.5, 0.6) is 5.75 Å². The fourth-order valence-corrected chi connectivity index (χ4v) is 3.42. The molecule has 0 fully saturated rings. The van der Waals surface area contributed by atoms with Gasteiger partial charge in [0.25, 0.3) is 0 Å². The fraction of sp³-hybridized carbons (Fsp3) is 0.136. The van der Waals surface area contributed by atoms with E-state index >= 15 is 0 Å². The molecule has 0 amide bonds. The highest BCUT2D eigenvalue weighted by Gasteiger charge is 2.20. The summed E-state index contributed by atoms with van der Waals surface area (Å²) in [5, 5.41) is 4.06. The fourth-order valence-electron chi connectivity index (χ4n) is 3.23. The van der Waals surface area contributed by atoms with Crippen LogP contribution in [0.25, 0.3) is 16.6 Å². The second-order valence-corrected chi connectivity index (χ2v) is 7.04. The molecule has 0 saturated carbocycles. The number of halogens is 3. The standard InChI is InChI=1S/C22H16ClF2N3O3/c1-12(31-19-11-15-16(24)5-6-17(25)20(15)27-21(19)23)14-10-13(22(29)30-2)4-7-18(14)28-9-3-8-26-28/h3-12H,1-2H3/t12-/m0/s1. The van der Waals surface area contributed by atoms with E-state index in [9.17, 15) is 13.6 Å². The van der Waals surface area contributed by atoms with E-state index in [2.05, 4.69) is 10.1 Å². The molecule has 0 radical (unpaired) electrons. The number of hydrogen-bond donors (Lipinski definition) is 0. The van der Waals surface area contributed by atoms with Gasteiger partial charge >= 0.3 is 5.97 Å². The summed E-state index contributed by atoms with van der Waals surface area (Å²) in [5.41, 5.74) is 1.39. The van der Waals surface area contributed by atoms with Crippen molar-refractivity contribution < 1.29 is 23.0 Å². The van der Waals surface area contributed by atoms with Crippen LogP contribution in [0.1, 0.15) is 28.9 Å². The maximum atomic E-state index is 14.2. The molecule has 1 atom stereocenters. The normalized spacial score (nSPS) is 12.0. The number of rotatable bonds is 5. The molecule has 0 aliphatic rings. The van der Waals surface area contributed by atoms with Gasteiger partial charge in [0.1, 0.15) is 23.3 Å². The first kappa shape index (κ1) is 20.7. The lowest BCUT2D eigenvalue weighted by atomic mass is 10.0. The molecule has 9 heteroatoms. The van der Waals surface area contributed by atoms with Crippen LogP contribution in [0.15, 0.2) is 54.9 Å². The summed E-state index contributed by atoms with van der Waals surface area (Å²) in [7, 11) is 1.29. The number of ether oxygens (including phenoxy) is 2. The van der Waals surface area contributed by atoms with Crippen molar-refractivity contribution in [2.75, 3.05) is 7.11 Å². The number of carbonyl (C=O) groups excluding carboxylic acids is 1. The topological polar surface area (TPSA) is 66.2 Å². The van der Waals surface area contributed by atoms with Gasteiger partial charge in [-0.1, -0.05) is 11.6 Å². The van der Waals surface area contributed by atoms with Crippen LogP contribution in [0, 0.1) is 11.6 Å². The van der Waals surface area contributed by atoms with Crippen molar-refractivity contribution >= 4 is 28.5 Å². The number of esters is 1. The van der Waals surface area contributed by atoms with Gasteiger partial charge in [0, 0.05) is 23.3 Å². The number of carbonyl (C=O) groups is 1. The van der Waals surface area contributed by atoms with E-state index in [-0.39, 0.29) is 21.8 Å². The summed E-state index contributed by atoms with van der Waals surface area (Å²) < 4.78 is 40.6. The Morgan fingerprint density at radius 3 is 2.65 bits per heavy atom. The highest BCUT2D eigenvalue weighted by Crippen LogP contribution is 2.34. The van der Waals surface area contributed by atoms with Gasteiger partial charge < -0.3 is 9.47 Å². The number of fused-ring (bicyclic) bond motifs is 1. The Morgan fingerprint density at radius 2 is 1.94 bits per heavy atom. The third kappa shape index (κ3) is 3.94. The maximum absolute atomic E-state index is 14.2. The van der Waals surface area contributed by atoms with E-state index in [0.29, 0.717) is 16.8 Å². The Kier molecular flexibility index (Phi) is 5.56. The van der Waals surface area contributed by atoms with Crippen molar-refractivity contribution in [1.29, 1.82) is 0 Å². The van der Waals surface area contributed by atoms with Crippen LogP contribution in [0.2, 0.25) is 5.15 Å². The first-order valence-corrected chi connectivity index (χ1v) is 9.60. The van der Waals surface area contributed by atoms with Gasteiger partial charge in [-0.15, -0.1) is 0 Å². The monoisotopic (exact) mass is 443 g/mol. The summed E-state index contributed by atoms with van der Waals surface area (Å²) in [5.74, 6) is -1.78. The van der Waals surface area contributed by atoms with Crippen molar-refractivity contribution in [2.24, 2.45) is 0 Å². The number of aromatic nitrogens is 3. The van der Waals surface area contributed by atoms with Gasteiger partial charge in [0.2, 0.25) is 0 Å². The summed E-state index contributed by atoms with van der Waals surface area (Å²) in [4.78, 5) is 16.0. The molecule has 4 rings (SSSR count). The first-order chi connectivity index (χ1) is 14.9. The Labute approximate surface area is 181 Å². The molecule has 0 aliphatic heterocycles. The van der Waals surface area contributed by atoms with Gasteiger partial charge in [0.15, 0.2) is 10.9 Å². The summed E-state index contributed by atoms with van der Waals surface area (Å²) in [6, 6.07) is 10.00. The van der Waals surface area contributed by atoms with Gasteiger partial charge in [0.05, 0.1) is 18.4 Å². The SMILES string of the molecule is COC(=O)c1ccc(-n2cccn2)c([C@H](C)Oc2cc3c(F)ccc(F)c3nc2Cl)c1. The Hall–Kier alpha value is -3.52. The molecule has 0 saturated heterocycles. The molecule has 2 heterocycles. The van der Waals surface area contributed by atoms with Crippen LogP contribution in [0.4, 0.5) is 8.78 Å². The van der Waals surface area contributed by atoms with E-state index in [1.165, 1.54) is 13.2 Å². The first-order valence-electron chi connectivity index (χ1n) is 9.22. The number of pyridine rings is 1. The van der Waals surface area contributed by atoms with E-state index in [1.807, 2.05) is 0 Å². The Bertz CT molecular complexity index is 1280. The van der Waals surface area contributed by atoms with Crippen molar-refractivity contribution in [1.82, 2.24) is 14.8 Å². The lowest BCUT2D eigenvalue weighted by Gasteiger charge is -2.20. The zero-order chi connectivity index (χ0) is 22.1.